The number of halogens is 1. The van der Waals surface area contributed by atoms with Crippen LogP contribution in [0.25, 0.3) is 0 Å². The second-order valence-corrected chi connectivity index (χ2v) is 8.02. The number of nitrogens with zero attached hydrogens (tertiary/aromatic N) is 1. The lowest BCUT2D eigenvalue weighted by Gasteiger charge is -2.20. The highest BCUT2D eigenvalue weighted by atomic mass is 35.5. The predicted octanol–water partition coefficient (Wildman–Crippen LogP) is 2.62. The van der Waals surface area contributed by atoms with Crippen LogP contribution in [0.2, 0.25) is 5.02 Å². The van der Waals surface area contributed by atoms with Crippen molar-refractivity contribution in [2.45, 2.75) is 52.8 Å². The van der Waals surface area contributed by atoms with Crippen molar-refractivity contribution >= 4 is 23.6 Å². The largest absolute Gasteiger partial charge is 0.444 e. The average Bonchev–Trinajstić information content (AvgIpc) is 2.61. The fourth-order valence-electron chi connectivity index (χ4n) is 2.56. The topological polar surface area (TPSA) is 113 Å². The van der Waals surface area contributed by atoms with Gasteiger partial charge in [0.1, 0.15) is 5.60 Å². The molecule has 0 atom stereocenters. The number of H-pyrrole nitrogens is 1. The average molecular weight is 421 g/mol. The Hall–Kier alpha value is -2.87. The summed E-state index contributed by atoms with van der Waals surface area (Å²) in [6.45, 7) is 7.50. The fourth-order valence-corrected chi connectivity index (χ4v) is 2.76. The summed E-state index contributed by atoms with van der Waals surface area (Å²) in [6, 6.07) is 5.20. The standard InChI is InChI=1S/C20H25ClN4O4/c1-12-9-24-25-18(27)16(12)8-17(26)22-11-14-7-15(21)6-5-13(14)10-23-19(28)29-20(2,3)4/h5-7,9H,8,10-11H2,1-4H3,(H,22,26)(H,23,28)(H,25,27). The summed E-state index contributed by atoms with van der Waals surface area (Å²) >= 11 is 6.08. The van der Waals surface area contributed by atoms with E-state index in [2.05, 4.69) is 20.8 Å². The van der Waals surface area contributed by atoms with Gasteiger partial charge in [0.05, 0.1) is 12.6 Å². The zero-order valence-electron chi connectivity index (χ0n) is 16.9. The molecule has 0 saturated carbocycles. The van der Waals surface area contributed by atoms with Crippen LogP contribution in [-0.4, -0.2) is 27.8 Å². The normalized spacial score (nSPS) is 11.1. The highest BCUT2D eigenvalue weighted by molar-refractivity contribution is 6.30. The summed E-state index contributed by atoms with van der Waals surface area (Å²) in [5.74, 6) is -0.309. The van der Waals surface area contributed by atoms with Gasteiger partial charge in [-0.05, 0) is 56.5 Å². The van der Waals surface area contributed by atoms with E-state index in [9.17, 15) is 14.4 Å². The molecule has 0 aliphatic rings. The Morgan fingerprint density at radius 3 is 2.52 bits per heavy atom. The maximum absolute atomic E-state index is 12.3. The maximum Gasteiger partial charge on any atom is 0.407 e. The summed E-state index contributed by atoms with van der Waals surface area (Å²) in [5, 5.41) is 12.0. The molecule has 1 aromatic heterocycles. The van der Waals surface area contributed by atoms with E-state index in [0.29, 0.717) is 16.1 Å². The number of amides is 2. The first-order chi connectivity index (χ1) is 13.5. The highest BCUT2D eigenvalue weighted by Crippen LogP contribution is 2.17. The van der Waals surface area contributed by atoms with E-state index in [1.807, 2.05) is 0 Å². The molecule has 0 aliphatic carbocycles. The molecule has 0 fully saturated rings. The first-order valence-corrected chi connectivity index (χ1v) is 9.47. The minimum atomic E-state index is -0.593. The smallest absolute Gasteiger partial charge is 0.407 e. The third-order valence-corrected chi connectivity index (χ3v) is 4.21. The van der Waals surface area contributed by atoms with Gasteiger partial charge in [-0.25, -0.2) is 9.89 Å². The molecule has 3 N–H and O–H groups in total. The number of alkyl carbamates (subject to hydrolysis) is 1. The van der Waals surface area contributed by atoms with Crippen LogP contribution in [0.1, 0.15) is 43.0 Å². The van der Waals surface area contributed by atoms with E-state index < -0.39 is 11.7 Å². The molecule has 1 heterocycles. The summed E-state index contributed by atoms with van der Waals surface area (Å²) in [5.41, 5.74) is 1.58. The van der Waals surface area contributed by atoms with Gasteiger partial charge >= 0.3 is 6.09 Å². The molecule has 2 amide bonds. The van der Waals surface area contributed by atoms with Gasteiger partial charge in [0.15, 0.2) is 0 Å². The number of carbonyl (C=O) groups excluding carboxylic acids is 2. The number of nitrogens with one attached hydrogen (secondary N) is 3. The van der Waals surface area contributed by atoms with Crippen LogP contribution in [0.3, 0.4) is 0 Å². The van der Waals surface area contributed by atoms with Crippen LogP contribution in [0, 0.1) is 6.92 Å². The highest BCUT2D eigenvalue weighted by Gasteiger charge is 2.16. The Morgan fingerprint density at radius 1 is 1.17 bits per heavy atom. The van der Waals surface area contributed by atoms with Crippen LogP contribution in [0.5, 0.6) is 0 Å². The molecule has 0 aliphatic heterocycles. The Bertz CT molecular complexity index is 950. The summed E-state index contributed by atoms with van der Waals surface area (Å²) in [7, 11) is 0. The van der Waals surface area contributed by atoms with E-state index in [4.69, 9.17) is 16.3 Å². The SMILES string of the molecule is Cc1cn[nH]c(=O)c1CC(=O)NCc1cc(Cl)ccc1CNC(=O)OC(C)(C)C. The van der Waals surface area contributed by atoms with Crippen LogP contribution in [0.15, 0.2) is 29.2 Å². The van der Waals surface area contributed by atoms with Crippen LogP contribution >= 0.6 is 11.6 Å². The van der Waals surface area contributed by atoms with Crippen LogP contribution in [0.4, 0.5) is 4.79 Å². The molecule has 2 aromatic rings. The predicted molar refractivity (Wildman–Crippen MR) is 110 cm³/mol. The third-order valence-electron chi connectivity index (χ3n) is 3.98. The van der Waals surface area contributed by atoms with Gasteiger partial charge in [-0.3, -0.25) is 9.59 Å². The molecule has 0 saturated heterocycles. The zero-order valence-corrected chi connectivity index (χ0v) is 17.6. The van der Waals surface area contributed by atoms with Crippen molar-refractivity contribution < 1.29 is 14.3 Å². The minimum absolute atomic E-state index is 0.0598. The Balaban J connectivity index is 2.01. The third kappa shape index (κ3) is 7.23. The van der Waals surface area contributed by atoms with Crippen molar-refractivity contribution in [1.82, 2.24) is 20.8 Å². The second-order valence-electron chi connectivity index (χ2n) is 7.58. The van der Waals surface area contributed by atoms with E-state index in [1.54, 1.807) is 45.9 Å². The maximum atomic E-state index is 12.3. The van der Waals surface area contributed by atoms with Gasteiger partial charge in [-0.2, -0.15) is 5.10 Å². The Kier molecular flexibility index (Phi) is 7.39. The van der Waals surface area contributed by atoms with Crippen LogP contribution < -0.4 is 16.2 Å². The van der Waals surface area contributed by atoms with Crippen molar-refractivity contribution in [3.8, 4) is 0 Å². The van der Waals surface area contributed by atoms with E-state index in [-0.39, 0.29) is 31.0 Å². The molecule has 0 radical (unpaired) electrons. The lowest BCUT2D eigenvalue weighted by molar-refractivity contribution is -0.120. The van der Waals surface area contributed by atoms with E-state index in [0.717, 1.165) is 11.1 Å². The van der Waals surface area contributed by atoms with Gasteiger partial charge in [-0.1, -0.05) is 17.7 Å². The summed E-state index contributed by atoms with van der Waals surface area (Å²) in [4.78, 5) is 36.0. The molecule has 9 heteroatoms. The van der Waals surface area contributed by atoms with E-state index >= 15 is 0 Å². The van der Waals surface area contributed by atoms with Crippen molar-refractivity contribution in [3.05, 3.63) is 62.0 Å². The number of benzene rings is 1. The molecule has 2 rings (SSSR count). The lowest BCUT2D eigenvalue weighted by Crippen LogP contribution is -2.32. The van der Waals surface area contributed by atoms with Crippen molar-refractivity contribution in [1.29, 1.82) is 0 Å². The lowest BCUT2D eigenvalue weighted by atomic mass is 10.1. The Labute approximate surface area is 174 Å². The number of rotatable bonds is 6. The number of aryl methyl sites for hydroxylation is 1. The molecule has 0 bridgehead atoms. The van der Waals surface area contributed by atoms with Gasteiger partial charge in [0.25, 0.3) is 5.56 Å². The molecule has 29 heavy (non-hydrogen) atoms. The number of hydrogen-bond acceptors (Lipinski definition) is 5. The molecular formula is C20H25ClN4O4. The molecule has 0 unspecified atom stereocenters. The molecule has 8 nitrogen and oxygen atoms in total. The summed E-state index contributed by atoms with van der Waals surface area (Å²) in [6.07, 6.45) is 0.909. The van der Waals surface area contributed by atoms with Crippen molar-refractivity contribution in [2.75, 3.05) is 0 Å². The van der Waals surface area contributed by atoms with Crippen molar-refractivity contribution in [2.24, 2.45) is 0 Å². The monoisotopic (exact) mass is 420 g/mol. The number of hydrogen-bond donors (Lipinski definition) is 3. The second kappa shape index (κ2) is 9.56. The summed E-state index contributed by atoms with van der Waals surface area (Å²) < 4.78 is 5.23. The van der Waals surface area contributed by atoms with Gasteiger partial charge in [0.2, 0.25) is 5.91 Å². The Morgan fingerprint density at radius 2 is 1.86 bits per heavy atom. The van der Waals surface area contributed by atoms with Gasteiger partial charge in [-0.15, -0.1) is 0 Å². The minimum Gasteiger partial charge on any atom is -0.444 e. The van der Waals surface area contributed by atoms with Crippen LogP contribution in [-0.2, 0) is 29.0 Å². The van der Waals surface area contributed by atoms with Gasteiger partial charge < -0.3 is 15.4 Å². The van der Waals surface area contributed by atoms with Gasteiger partial charge in [0, 0.05) is 23.7 Å². The van der Waals surface area contributed by atoms with Crippen molar-refractivity contribution in [3.63, 3.8) is 0 Å². The molecule has 156 valence electrons. The molecule has 0 spiro atoms. The quantitative estimate of drug-likeness (QED) is 0.664. The first kappa shape index (κ1) is 22.4. The number of carbonyl (C=O) groups is 2. The first-order valence-electron chi connectivity index (χ1n) is 9.09. The number of aromatic nitrogens is 2. The number of aromatic amines is 1. The molecule has 1 aromatic carbocycles. The zero-order chi connectivity index (χ0) is 21.6. The molecular weight excluding hydrogens is 396 g/mol. The fraction of sp³-hybridized carbons (Fsp3) is 0.400. The number of ether oxygens (including phenoxy) is 1. The van der Waals surface area contributed by atoms with E-state index in [1.165, 1.54) is 6.20 Å².